The second-order valence-electron chi connectivity index (χ2n) is 5.39. The van der Waals surface area contributed by atoms with Crippen molar-refractivity contribution in [2.75, 3.05) is 6.26 Å². The number of benzene rings is 1. The molecule has 0 fully saturated rings. The highest BCUT2D eigenvalue weighted by molar-refractivity contribution is 7.98. The number of halogens is 3. The first-order valence-corrected chi connectivity index (χ1v) is 8.79. The fraction of sp³-hybridized carbons (Fsp3) is 0.111. The molecule has 0 radical (unpaired) electrons. The summed E-state index contributed by atoms with van der Waals surface area (Å²) in [5.41, 5.74) is -0.875. The number of nitrogens with one attached hydrogen (secondary N) is 1. The van der Waals surface area contributed by atoms with Crippen LogP contribution in [-0.2, 0) is 6.18 Å². The van der Waals surface area contributed by atoms with E-state index in [2.05, 4.69) is 15.0 Å². The standard InChI is InChI=1S/C18H11F3N4OS/c1-27-17-24-14(12(9-22)16(26)25-17)10-4-6-11(7-5-10)15-13(18(19,20)21)3-2-8-23-15/h2-8H,1H3,(H,24,25,26). The van der Waals surface area contributed by atoms with Crippen molar-refractivity contribution in [3.05, 3.63) is 64.1 Å². The summed E-state index contributed by atoms with van der Waals surface area (Å²) in [4.78, 5) is 22.6. The van der Waals surface area contributed by atoms with E-state index in [0.717, 1.165) is 6.07 Å². The van der Waals surface area contributed by atoms with Gasteiger partial charge in [0.2, 0.25) is 0 Å². The maximum atomic E-state index is 13.2. The van der Waals surface area contributed by atoms with Crippen molar-refractivity contribution in [3.63, 3.8) is 0 Å². The van der Waals surface area contributed by atoms with Crippen molar-refractivity contribution in [1.82, 2.24) is 15.0 Å². The van der Waals surface area contributed by atoms with Gasteiger partial charge in [-0.2, -0.15) is 18.4 Å². The van der Waals surface area contributed by atoms with Crippen LogP contribution >= 0.6 is 11.8 Å². The molecule has 27 heavy (non-hydrogen) atoms. The van der Waals surface area contributed by atoms with E-state index >= 15 is 0 Å². The maximum Gasteiger partial charge on any atom is 0.418 e. The lowest BCUT2D eigenvalue weighted by Crippen LogP contribution is -2.14. The van der Waals surface area contributed by atoms with Crippen LogP contribution in [0.2, 0.25) is 0 Å². The average Bonchev–Trinajstić information content (AvgIpc) is 2.66. The van der Waals surface area contributed by atoms with Gasteiger partial charge in [-0.15, -0.1) is 0 Å². The van der Waals surface area contributed by atoms with Crippen LogP contribution in [0, 0.1) is 11.3 Å². The third-order valence-corrected chi connectivity index (χ3v) is 4.33. The van der Waals surface area contributed by atoms with Crippen LogP contribution in [0.25, 0.3) is 22.5 Å². The Hall–Kier alpha value is -3.12. The SMILES string of the molecule is CSc1nc(-c2ccc(-c3ncccc3C(F)(F)F)cc2)c(C#N)c(=O)[nH]1. The lowest BCUT2D eigenvalue weighted by atomic mass is 10.0. The summed E-state index contributed by atoms with van der Waals surface area (Å²) in [7, 11) is 0. The highest BCUT2D eigenvalue weighted by Crippen LogP contribution is 2.36. The summed E-state index contributed by atoms with van der Waals surface area (Å²) < 4.78 is 39.5. The molecule has 0 bridgehead atoms. The van der Waals surface area contributed by atoms with Crippen molar-refractivity contribution in [3.8, 4) is 28.6 Å². The molecule has 2 heterocycles. The van der Waals surface area contributed by atoms with Gasteiger partial charge in [0.25, 0.3) is 5.56 Å². The van der Waals surface area contributed by atoms with E-state index in [1.54, 1.807) is 6.26 Å². The van der Waals surface area contributed by atoms with E-state index in [9.17, 15) is 23.2 Å². The van der Waals surface area contributed by atoms with Crippen LogP contribution in [0.15, 0.2) is 52.5 Å². The zero-order valence-corrected chi connectivity index (χ0v) is 14.6. The number of rotatable bonds is 3. The Kier molecular flexibility index (Phi) is 5.01. The summed E-state index contributed by atoms with van der Waals surface area (Å²) in [5, 5.41) is 9.57. The zero-order valence-electron chi connectivity index (χ0n) is 13.8. The minimum Gasteiger partial charge on any atom is -0.300 e. The number of hydrogen-bond acceptors (Lipinski definition) is 5. The predicted octanol–water partition coefficient (Wildman–Crippen LogP) is 4.11. The topological polar surface area (TPSA) is 82.4 Å². The smallest absolute Gasteiger partial charge is 0.300 e. The van der Waals surface area contributed by atoms with E-state index in [0.29, 0.717) is 10.7 Å². The van der Waals surface area contributed by atoms with Gasteiger partial charge in [-0.25, -0.2) is 4.98 Å². The highest BCUT2D eigenvalue weighted by atomic mass is 32.2. The monoisotopic (exact) mass is 388 g/mol. The first kappa shape index (κ1) is 18.7. The average molecular weight is 388 g/mol. The fourth-order valence-electron chi connectivity index (χ4n) is 2.51. The molecule has 0 atom stereocenters. The number of nitriles is 1. The predicted molar refractivity (Wildman–Crippen MR) is 95.0 cm³/mol. The minimum absolute atomic E-state index is 0.158. The molecule has 0 aliphatic carbocycles. The third kappa shape index (κ3) is 3.71. The number of thioether (sulfide) groups is 1. The molecule has 3 rings (SSSR count). The van der Waals surface area contributed by atoms with Gasteiger partial charge in [-0.1, -0.05) is 36.0 Å². The third-order valence-electron chi connectivity index (χ3n) is 3.75. The number of aromatic nitrogens is 3. The van der Waals surface area contributed by atoms with Gasteiger partial charge in [-0.3, -0.25) is 9.78 Å². The Morgan fingerprint density at radius 3 is 2.30 bits per heavy atom. The number of aromatic amines is 1. The molecule has 0 aliphatic heterocycles. The molecule has 9 heteroatoms. The van der Waals surface area contributed by atoms with E-state index in [-0.39, 0.29) is 22.5 Å². The molecule has 0 amide bonds. The molecule has 2 aromatic heterocycles. The zero-order chi connectivity index (χ0) is 19.6. The number of pyridine rings is 1. The summed E-state index contributed by atoms with van der Waals surface area (Å²) in [5.74, 6) is 0. The molecule has 0 saturated carbocycles. The molecular weight excluding hydrogens is 377 g/mol. The maximum absolute atomic E-state index is 13.2. The van der Waals surface area contributed by atoms with Crippen LogP contribution in [0.3, 0.4) is 0 Å². The second-order valence-corrected chi connectivity index (χ2v) is 6.18. The van der Waals surface area contributed by atoms with Gasteiger partial charge < -0.3 is 4.98 Å². The van der Waals surface area contributed by atoms with Crippen LogP contribution in [0.4, 0.5) is 13.2 Å². The Bertz CT molecular complexity index is 1090. The van der Waals surface area contributed by atoms with Crippen LogP contribution in [0.1, 0.15) is 11.1 Å². The van der Waals surface area contributed by atoms with Crippen molar-refractivity contribution in [2.24, 2.45) is 0 Å². The number of alkyl halides is 3. The molecule has 0 unspecified atom stereocenters. The van der Waals surface area contributed by atoms with Crippen LogP contribution in [-0.4, -0.2) is 21.2 Å². The van der Waals surface area contributed by atoms with Crippen LogP contribution in [0.5, 0.6) is 0 Å². The summed E-state index contributed by atoms with van der Waals surface area (Å²) in [6.07, 6.45) is -1.52. The quantitative estimate of drug-likeness (QED) is 0.539. The number of H-pyrrole nitrogens is 1. The molecule has 1 N–H and O–H groups in total. The van der Waals surface area contributed by atoms with Crippen LogP contribution < -0.4 is 5.56 Å². The largest absolute Gasteiger partial charge is 0.418 e. The fourth-order valence-corrected chi connectivity index (χ4v) is 2.89. The molecule has 5 nitrogen and oxygen atoms in total. The van der Waals surface area contributed by atoms with Crippen molar-refractivity contribution < 1.29 is 13.2 Å². The lowest BCUT2D eigenvalue weighted by Gasteiger charge is -2.12. The summed E-state index contributed by atoms with van der Waals surface area (Å²) >= 11 is 1.20. The van der Waals surface area contributed by atoms with Crippen molar-refractivity contribution in [2.45, 2.75) is 11.3 Å². The Morgan fingerprint density at radius 2 is 1.74 bits per heavy atom. The van der Waals surface area contributed by atoms with E-state index in [1.165, 1.54) is 48.3 Å². The molecule has 0 aliphatic rings. The van der Waals surface area contributed by atoms with Gasteiger partial charge in [0.15, 0.2) is 5.16 Å². The van der Waals surface area contributed by atoms with Gasteiger partial charge in [0.05, 0.1) is 17.0 Å². The molecule has 0 spiro atoms. The normalized spacial score (nSPS) is 11.2. The van der Waals surface area contributed by atoms with Gasteiger partial charge in [-0.05, 0) is 18.4 Å². The van der Waals surface area contributed by atoms with Gasteiger partial charge in [0.1, 0.15) is 11.6 Å². The van der Waals surface area contributed by atoms with Crippen molar-refractivity contribution >= 4 is 11.8 Å². The minimum atomic E-state index is -4.53. The van der Waals surface area contributed by atoms with E-state index < -0.39 is 17.3 Å². The van der Waals surface area contributed by atoms with E-state index in [4.69, 9.17) is 0 Å². The first-order valence-electron chi connectivity index (χ1n) is 7.56. The molecular formula is C18H11F3N4OS. The molecule has 3 aromatic rings. The van der Waals surface area contributed by atoms with Crippen molar-refractivity contribution in [1.29, 1.82) is 5.26 Å². The lowest BCUT2D eigenvalue weighted by molar-refractivity contribution is -0.137. The van der Waals surface area contributed by atoms with E-state index in [1.807, 2.05) is 6.07 Å². The highest BCUT2D eigenvalue weighted by Gasteiger charge is 2.34. The molecule has 0 saturated heterocycles. The number of hydrogen-bond donors (Lipinski definition) is 1. The van der Waals surface area contributed by atoms with Gasteiger partial charge >= 0.3 is 6.18 Å². The van der Waals surface area contributed by atoms with Gasteiger partial charge in [0, 0.05) is 17.3 Å². The Morgan fingerprint density at radius 1 is 1.11 bits per heavy atom. The number of nitrogens with zero attached hydrogens (tertiary/aromatic N) is 3. The second kappa shape index (κ2) is 7.25. The summed E-state index contributed by atoms with van der Waals surface area (Å²) in [6, 6.07) is 9.93. The Balaban J connectivity index is 2.10. The summed E-state index contributed by atoms with van der Waals surface area (Å²) in [6.45, 7) is 0. The molecule has 1 aromatic carbocycles. The Labute approximate surface area is 155 Å². The first-order chi connectivity index (χ1) is 12.8. The molecule has 136 valence electrons.